The van der Waals surface area contributed by atoms with Gasteiger partial charge in [0.1, 0.15) is 11.5 Å². The Morgan fingerprint density at radius 1 is 1.22 bits per heavy atom. The highest BCUT2D eigenvalue weighted by Gasteiger charge is 2.36. The zero-order chi connectivity index (χ0) is 12.5. The average Bonchev–Trinajstić information content (AvgIpc) is 2.92. The van der Waals surface area contributed by atoms with Crippen molar-refractivity contribution in [3.8, 4) is 0 Å². The molecule has 0 saturated heterocycles. The van der Waals surface area contributed by atoms with Gasteiger partial charge >= 0.3 is 0 Å². The van der Waals surface area contributed by atoms with Crippen LogP contribution in [0.25, 0.3) is 0 Å². The van der Waals surface area contributed by atoms with E-state index in [0.717, 1.165) is 28.1 Å². The number of anilines is 1. The SMILES string of the molecule is CC1CC1c1ccc(CNc2ccc(Cl)cc2)o1. The molecule has 18 heavy (non-hydrogen) atoms. The summed E-state index contributed by atoms with van der Waals surface area (Å²) in [5, 5.41) is 4.07. The topological polar surface area (TPSA) is 25.2 Å². The van der Waals surface area contributed by atoms with Crippen LogP contribution in [-0.4, -0.2) is 0 Å². The second-order valence-corrected chi connectivity index (χ2v) is 5.42. The van der Waals surface area contributed by atoms with E-state index in [1.54, 1.807) is 0 Å². The first-order valence-electron chi connectivity index (χ1n) is 6.30. The maximum Gasteiger partial charge on any atom is 0.123 e. The molecule has 0 aliphatic heterocycles. The summed E-state index contributed by atoms with van der Waals surface area (Å²) in [6, 6.07) is 11.9. The lowest BCUT2D eigenvalue weighted by molar-refractivity contribution is 0.468. The quantitative estimate of drug-likeness (QED) is 0.865. The molecule has 2 aromatic rings. The van der Waals surface area contributed by atoms with Crippen LogP contribution in [0.5, 0.6) is 0 Å². The number of rotatable bonds is 4. The van der Waals surface area contributed by atoms with Crippen LogP contribution < -0.4 is 5.32 Å². The van der Waals surface area contributed by atoms with E-state index < -0.39 is 0 Å². The molecule has 0 spiro atoms. The van der Waals surface area contributed by atoms with Gasteiger partial charge in [-0.3, -0.25) is 0 Å². The number of furan rings is 1. The van der Waals surface area contributed by atoms with Crippen molar-refractivity contribution < 1.29 is 4.42 Å². The minimum absolute atomic E-state index is 0.647. The Balaban J connectivity index is 1.59. The molecule has 1 heterocycles. The van der Waals surface area contributed by atoms with Crippen molar-refractivity contribution in [2.45, 2.75) is 25.8 Å². The van der Waals surface area contributed by atoms with Gasteiger partial charge in [-0.05, 0) is 48.7 Å². The van der Waals surface area contributed by atoms with Gasteiger partial charge < -0.3 is 9.73 Å². The predicted octanol–water partition coefficient (Wildman–Crippen LogP) is 4.67. The number of hydrogen-bond acceptors (Lipinski definition) is 2. The molecule has 1 fully saturated rings. The third-order valence-electron chi connectivity index (χ3n) is 3.47. The van der Waals surface area contributed by atoms with E-state index in [9.17, 15) is 0 Å². The lowest BCUT2D eigenvalue weighted by Crippen LogP contribution is -1.97. The van der Waals surface area contributed by atoms with E-state index in [-0.39, 0.29) is 0 Å². The first-order valence-corrected chi connectivity index (χ1v) is 6.68. The van der Waals surface area contributed by atoms with Gasteiger partial charge in [-0.15, -0.1) is 0 Å². The van der Waals surface area contributed by atoms with E-state index in [1.165, 1.54) is 6.42 Å². The van der Waals surface area contributed by atoms with E-state index >= 15 is 0 Å². The number of halogens is 1. The Bertz CT molecular complexity index is 532. The van der Waals surface area contributed by atoms with Crippen LogP contribution in [0.3, 0.4) is 0 Å². The molecule has 1 aromatic carbocycles. The van der Waals surface area contributed by atoms with E-state index in [0.29, 0.717) is 12.5 Å². The van der Waals surface area contributed by atoms with Gasteiger partial charge in [-0.1, -0.05) is 18.5 Å². The Morgan fingerprint density at radius 3 is 2.61 bits per heavy atom. The molecule has 0 radical (unpaired) electrons. The van der Waals surface area contributed by atoms with Gasteiger partial charge in [0.2, 0.25) is 0 Å². The Kier molecular flexibility index (Phi) is 3.04. The van der Waals surface area contributed by atoms with Gasteiger partial charge in [0.25, 0.3) is 0 Å². The fourth-order valence-electron chi connectivity index (χ4n) is 2.16. The van der Waals surface area contributed by atoms with Gasteiger partial charge in [0.15, 0.2) is 0 Å². The first kappa shape index (κ1) is 11.7. The van der Waals surface area contributed by atoms with Crippen molar-refractivity contribution in [1.82, 2.24) is 0 Å². The molecule has 0 amide bonds. The van der Waals surface area contributed by atoms with Crippen LogP contribution in [0.2, 0.25) is 5.02 Å². The van der Waals surface area contributed by atoms with Crippen LogP contribution in [-0.2, 0) is 6.54 Å². The normalized spacial score (nSPS) is 21.9. The summed E-state index contributed by atoms with van der Waals surface area (Å²) in [5.74, 6) is 3.55. The monoisotopic (exact) mass is 261 g/mol. The Morgan fingerprint density at radius 2 is 1.94 bits per heavy atom. The maximum absolute atomic E-state index is 5.84. The minimum atomic E-state index is 0.647. The second kappa shape index (κ2) is 4.69. The van der Waals surface area contributed by atoms with Gasteiger partial charge in [0.05, 0.1) is 6.54 Å². The second-order valence-electron chi connectivity index (χ2n) is 4.98. The zero-order valence-electron chi connectivity index (χ0n) is 10.3. The average molecular weight is 262 g/mol. The van der Waals surface area contributed by atoms with Crippen molar-refractivity contribution in [3.63, 3.8) is 0 Å². The Labute approximate surface area is 112 Å². The van der Waals surface area contributed by atoms with Gasteiger partial charge in [-0.25, -0.2) is 0 Å². The third kappa shape index (κ3) is 2.54. The predicted molar refractivity (Wildman–Crippen MR) is 74.0 cm³/mol. The van der Waals surface area contributed by atoms with Gasteiger partial charge in [-0.2, -0.15) is 0 Å². The molecule has 1 aromatic heterocycles. The molecule has 1 aliphatic rings. The molecule has 1 aliphatic carbocycles. The smallest absolute Gasteiger partial charge is 0.123 e. The molecule has 0 bridgehead atoms. The standard InChI is InChI=1S/C15H16ClNO/c1-10-8-14(10)15-7-6-13(18-15)9-17-12-4-2-11(16)3-5-12/h2-7,10,14,17H,8-9H2,1H3. The summed E-state index contributed by atoms with van der Waals surface area (Å²) in [7, 11) is 0. The van der Waals surface area contributed by atoms with Crippen LogP contribution >= 0.6 is 11.6 Å². The molecule has 2 nitrogen and oxygen atoms in total. The van der Waals surface area contributed by atoms with Crippen LogP contribution in [0.1, 0.15) is 30.8 Å². The fraction of sp³-hybridized carbons (Fsp3) is 0.333. The number of hydrogen-bond donors (Lipinski definition) is 1. The molecule has 94 valence electrons. The van der Waals surface area contributed by atoms with Gasteiger partial charge in [0, 0.05) is 16.6 Å². The molecule has 3 heteroatoms. The van der Waals surface area contributed by atoms with Crippen LogP contribution in [0.4, 0.5) is 5.69 Å². The fourth-order valence-corrected chi connectivity index (χ4v) is 2.29. The molecular weight excluding hydrogens is 246 g/mol. The molecule has 2 atom stereocenters. The molecular formula is C15H16ClNO. The number of nitrogens with one attached hydrogen (secondary N) is 1. The third-order valence-corrected chi connectivity index (χ3v) is 3.72. The first-order chi connectivity index (χ1) is 8.72. The molecule has 1 saturated carbocycles. The van der Waals surface area contributed by atoms with Crippen molar-refractivity contribution in [3.05, 3.63) is 52.9 Å². The molecule has 3 rings (SSSR count). The van der Waals surface area contributed by atoms with E-state index in [1.807, 2.05) is 24.3 Å². The van der Waals surface area contributed by atoms with E-state index in [2.05, 4.69) is 24.4 Å². The van der Waals surface area contributed by atoms with Crippen molar-refractivity contribution >= 4 is 17.3 Å². The summed E-state index contributed by atoms with van der Waals surface area (Å²) >= 11 is 5.84. The summed E-state index contributed by atoms with van der Waals surface area (Å²) in [6.45, 7) is 2.97. The largest absolute Gasteiger partial charge is 0.464 e. The minimum Gasteiger partial charge on any atom is -0.464 e. The summed E-state index contributed by atoms with van der Waals surface area (Å²) < 4.78 is 5.83. The highest BCUT2D eigenvalue weighted by Crippen LogP contribution is 2.47. The molecule has 1 N–H and O–H groups in total. The Hall–Kier alpha value is -1.41. The highest BCUT2D eigenvalue weighted by atomic mass is 35.5. The van der Waals surface area contributed by atoms with E-state index in [4.69, 9.17) is 16.0 Å². The van der Waals surface area contributed by atoms with Crippen molar-refractivity contribution in [2.24, 2.45) is 5.92 Å². The maximum atomic E-state index is 5.84. The van der Waals surface area contributed by atoms with Crippen LogP contribution in [0.15, 0.2) is 40.8 Å². The summed E-state index contributed by atoms with van der Waals surface area (Å²) in [5.41, 5.74) is 1.05. The summed E-state index contributed by atoms with van der Waals surface area (Å²) in [6.07, 6.45) is 1.26. The highest BCUT2D eigenvalue weighted by molar-refractivity contribution is 6.30. The lowest BCUT2D eigenvalue weighted by Gasteiger charge is -2.04. The van der Waals surface area contributed by atoms with Crippen molar-refractivity contribution in [1.29, 1.82) is 0 Å². The number of benzene rings is 1. The lowest BCUT2D eigenvalue weighted by atomic mass is 10.3. The summed E-state index contributed by atoms with van der Waals surface area (Å²) in [4.78, 5) is 0. The van der Waals surface area contributed by atoms with Crippen molar-refractivity contribution in [2.75, 3.05) is 5.32 Å². The zero-order valence-corrected chi connectivity index (χ0v) is 11.1. The molecule has 2 unspecified atom stereocenters. The van der Waals surface area contributed by atoms with Crippen LogP contribution in [0, 0.1) is 5.92 Å².